The molecule has 0 spiro atoms. The lowest BCUT2D eigenvalue weighted by Crippen LogP contribution is -2.27. The molecule has 0 aliphatic carbocycles. The number of fused-ring (bicyclic) bond motifs is 1. The Morgan fingerprint density at radius 1 is 1.14 bits per heavy atom. The van der Waals surface area contributed by atoms with E-state index in [1.54, 1.807) is 6.07 Å². The molecule has 222 valence electrons. The Balaban J connectivity index is 1.34. The average molecular weight is 629 g/mol. The molecule has 0 unspecified atom stereocenters. The van der Waals surface area contributed by atoms with Gasteiger partial charge in [0, 0.05) is 17.4 Å². The molecule has 1 fully saturated rings. The summed E-state index contributed by atoms with van der Waals surface area (Å²) in [7, 11) is 0. The molecule has 13 heteroatoms. The van der Waals surface area contributed by atoms with Gasteiger partial charge in [0.2, 0.25) is 0 Å². The Hall–Kier alpha value is -4.00. The van der Waals surface area contributed by atoms with Gasteiger partial charge in [-0.15, -0.1) is 11.3 Å². The van der Waals surface area contributed by atoms with Gasteiger partial charge in [-0.05, 0) is 48.0 Å². The summed E-state index contributed by atoms with van der Waals surface area (Å²) in [4.78, 5) is 24.5. The largest absolute Gasteiger partial charge is 0.478 e. The van der Waals surface area contributed by atoms with Crippen LogP contribution in [-0.4, -0.2) is 43.8 Å². The van der Waals surface area contributed by atoms with Crippen LogP contribution in [0.15, 0.2) is 48.7 Å². The number of aromatic carboxylic acids is 1. The number of carboxylic acids is 1. The minimum absolute atomic E-state index is 0.0187. The van der Waals surface area contributed by atoms with Gasteiger partial charge >= 0.3 is 5.97 Å². The number of hydrogen-bond acceptors (Lipinski definition) is 7. The van der Waals surface area contributed by atoms with Gasteiger partial charge in [0.05, 0.1) is 47.7 Å². The number of benzene rings is 2. The molecule has 1 aliphatic rings. The lowest BCUT2D eigenvalue weighted by atomic mass is 9.87. The summed E-state index contributed by atoms with van der Waals surface area (Å²) < 4.78 is 59.0. The molecular formula is C30H24ClF3N4O4S. The topological polar surface area (TPSA) is 99.4 Å². The number of rotatable bonds is 8. The van der Waals surface area contributed by atoms with Crippen molar-refractivity contribution in [3.05, 3.63) is 92.4 Å². The van der Waals surface area contributed by atoms with Gasteiger partial charge in [0.25, 0.3) is 5.88 Å². The summed E-state index contributed by atoms with van der Waals surface area (Å²) in [5.74, 6) is -3.29. The maximum Gasteiger partial charge on any atom is 0.335 e. The first kappa shape index (κ1) is 29.1. The van der Waals surface area contributed by atoms with Crippen molar-refractivity contribution >= 4 is 39.9 Å². The highest BCUT2D eigenvalue weighted by Crippen LogP contribution is 2.40. The van der Waals surface area contributed by atoms with Crippen molar-refractivity contribution in [1.82, 2.24) is 19.5 Å². The number of halogens is 4. The molecule has 6 rings (SSSR count). The minimum atomic E-state index is -1.09. The first-order valence-electron chi connectivity index (χ1n) is 13.2. The zero-order valence-electron chi connectivity index (χ0n) is 22.9. The second kappa shape index (κ2) is 11.3. The number of pyridine rings is 1. The Bertz CT molecular complexity index is 1880. The van der Waals surface area contributed by atoms with Crippen LogP contribution in [0.4, 0.5) is 13.2 Å². The molecule has 1 saturated heterocycles. The molecule has 0 bridgehead atoms. The van der Waals surface area contributed by atoms with E-state index in [4.69, 9.17) is 21.1 Å². The van der Waals surface area contributed by atoms with Crippen LogP contribution in [0.5, 0.6) is 5.88 Å². The summed E-state index contributed by atoms with van der Waals surface area (Å²) in [6.07, 6.45) is 1.36. The lowest BCUT2D eigenvalue weighted by Gasteiger charge is -2.28. The van der Waals surface area contributed by atoms with Crippen molar-refractivity contribution in [3.63, 3.8) is 0 Å². The van der Waals surface area contributed by atoms with Gasteiger partial charge in [0.1, 0.15) is 33.4 Å². The maximum atomic E-state index is 15.6. The van der Waals surface area contributed by atoms with Gasteiger partial charge in [-0.25, -0.2) is 32.9 Å². The standard InChI is InChI=1S/C30H24ClF3N4O4S/c1-30(2)14-41-12-24(30)38-23-8-15(29(39)40)3-5-22(23)36-26(38)9-16-7-20(34)17(10-19(16)33)21-6-4-18(32)28(37-21)42-13-27-35-11-25(31)43-27/h3-8,10-11,24H,9,12-14H2,1-2H3,(H,39,40)/t24-/m1/s1. The predicted molar refractivity (Wildman–Crippen MR) is 154 cm³/mol. The van der Waals surface area contributed by atoms with Gasteiger partial charge in [-0.3, -0.25) is 0 Å². The summed E-state index contributed by atoms with van der Waals surface area (Å²) in [5.41, 5.74) is 0.705. The molecule has 1 N–H and O–H groups in total. The molecule has 0 saturated carbocycles. The molecule has 0 amide bonds. The number of ether oxygens (including phenoxy) is 2. The molecule has 5 aromatic rings. The van der Waals surface area contributed by atoms with Crippen LogP contribution < -0.4 is 4.74 Å². The van der Waals surface area contributed by atoms with Crippen molar-refractivity contribution in [2.45, 2.75) is 32.9 Å². The van der Waals surface area contributed by atoms with Crippen molar-refractivity contribution in [3.8, 4) is 17.1 Å². The second-order valence-electron chi connectivity index (χ2n) is 10.9. The summed E-state index contributed by atoms with van der Waals surface area (Å²) in [6, 6.07) is 8.75. The number of nitrogens with zero attached hydrogens (tertiary/aromatic N) is 4. The van der Waals surface area contributed by atoms with Crippen molar-refractivity contribution < 1.29 is 32.5 Å². The van der Waals surface area contributed by atoms with E-state index in [1.807, 2.05) is 18.4 Å². The van der Waals surface area contributed by atoms with Gasteiger partial charge in [0.15, 0.2) is 5.82 Å². The molecule has 43 heavy (non-hydrogen) atoms. The normalized spacial score (nSPS) is 16.2. The highest BCUT2D eigenvalue weighted by Gasteiger charge is 2.39. The van der Waals surface area contributed by atoms with E-state index >= 15 is 8.78 Å². The van der Waals surface area contributed by atoms with Crippen LogP contribution in [-0.2, 0) is 17.8 Å². The second-order valence-corrected chi connectivity index (χ2v) is 12.6. The molecular weight excluding hydrogens is 605 g/mol. The fourth-order valence-electron chi connectivity index (χ4n) is 5.18. The highest BCUT2D eigenvalue weighted by molar-refractivity contribution is 7.15. The van der Waals surface area contributed by atoms with Crippen LogP contribution >= 0.6 is 22.9 Å². The number of aromatic nitrogens is 4. The van der Waals surface area contributed by atoms with Crippen LogP contribution in [0.3, 0.4) is 0 Å². The third kappa shape index (κ3) is 5.69. The molecule has 1 atom stereocenters. The zero-order valence-corrected chi connectivity index (χ0v) is 24.5. The van der Waals surface area contributed by atoms with Crippen LogP contribution in [0.25, 0.3) is 22.3 Å². The van der Waals surface area contributed by atoms with Crippen molar-refractivity contribution in [2.24, 2.45) is 5.41 Å². The molecule has 3 aromatic heterocycles. The smallest absolute Gasteiger partial charge is 0.335 e. The number of carbonyl (C=O) groups is 1. The van der Waals surface area contributed by atoms with E-state index in [-0.39, 0.29) is 52.7 Å². The van der Waals surface area contributed by atoms with Gasteiger partial charge < -0.3 is 19.1 Å². The minimum Gasteiger partial charge on any atom is -0.478 e. The van der Waals surface area contributed by atoms with Crippen molar-refractivity contribution in [2.75, 3.05) is 13.2 Å². The Labute approximate surface area is 252 Å². The van der Waals surface area contributed by atoms with Crippen molar-refractivity contribution in [1.29, 1.82) is 0 Å². The zero-order chi connectivity index (χ0) is 30.5. The quantitative estimate of drug-likeness (QED) is 0.196. The Morgan fingerprint density at radius 2 is 1.95 bits per heavy atom. The SMILES string of the molecule is CC1(C)COC[C@H]1n1c(Cc2cc(F)c(-c3ccc(F)c(OCc4ncc(Cl)s4)n3)cc2F)nc2ccc(C(=O)O)cc21. The summed E-state index contributed by atoms with van der Waals surface area (Å²) in [6.45, 7) is 4.78. The fourth-order valence-corrected chi connectivity index (χ4v) is 6.05. The third-order valence-corrected chi connectivity index (χ3v) is 8.49. The van der Waals surface area contributed by atoms with Crippen LogP contribution in [0.1, 0.15) is 46.6 Å². The molecule has 8 nitrogen and oxygen atoms in total. The number of carboxylic acid groups (broad SMARTS) is 1. The lowest BCUT2D eigenvalue weighted by molar-refractivity contribution is 0.0697. The van der Waals surface area contributed by atoms with Crippen LogP contribution in [0, 0.1) is 22.9 Å². The monoisotopic (exact) mass is 628 g/mol. The molecule has 1 aliphatic heterocycles. The van der Waals surface area contributed by atoms with E-state index in [9.17, 15) is 14.3 Å². The maximum absolute atomic E-state index is 15.6. The fraction of sp³-hybridized carbons (Fsp3) is 0.267. The first-order valence-corrected chi connectivity index (χ1v) is 14.4. The van der Waals surface area contributed by atoms with Crippen LogP contribution in [0.2, 0.25) is 4.34 Å². The summed E-state index contributed by atoms with van der Waals surface area (Å²) in [5, 5.41) is 10.1. The van der Waals surface area contributed by atoms with E-state index < -0.39 is 23.4 Å². The number of thiazole rings is 1. The molecule has 2 aromatic carbocycles. The number of hydrogen-bond donors (Lipinski definition) is 1. The van der Waals surface area contributed by atoms with E-state index in [0.29, 0.717) is 39.4 Å². The summed E-state index contributed by atoms with van der Waals surface area (Å²) >= 11 is 7.03. The van der Waals surface area contributed by atoms with Gasteiger partial charge in [-0.2, -0.15) is 0 Å². The van der Waals surface area contributed by atoms with E-state index in [0.717, 1.165) is 29.5 Å². The predicted octanol–water partition coefficient (Wildman–Crippen LogP) is 7.09. The third-order valence-electron chi connectivity index (χ3n) is 7.41. The average Bonchev–Trinajstić information content (AvgIpc) is 3.64. The van der Waals surface area contributed by atoms with E-state index in [1.165, 1.54) is 24.4 Å². The highest BCUT2D eigenvalue weighted by atomic mass is 35.5. The molecule has 0 radical (unpaired) electrons. The molecule has 4 heterocycles. The number of imidazole rings is 1. The first-order chi connectivity index (χ1) is 20.5. The Morgan fingerprint density at radius 3 is 2.65 bits per heavy atom. The van der Waals surface area contributed by atoms with E-state index in [2.05, 4.69) is 15.0 Å². The Kier molecular flexibility index (Phi) is 7.61. The van der Waals surface area contributed by atoms with Gasteiger partial charge in [-0.1, -0.05) is 25.4 Å².